The summed E-state index contributed by atoms with van der Waals surface area (Å²) in [4.78, 5) is 8.63. The van der Waals surface area contributed by atoms with Gasteiger partial charge in [-0.1, -0.05) is 57.2 Å². The zero-order chi connectivity index (χ0) is 19.9. The van der Waals surface area contributed by atoms with Crippen molar-refractivity contribution in [1.82, 2.24) is 9.97 Å². The Bertz CT molecular complexity index is 870. The topological polar surface area (TPSA) is 35.0 Å². The second-order valence-electron chi connectivity index (χ2n) is 8.02. The molecule has 0 N–H and O–H groups in total. The molecule has 3 heteroatoms. The van der Waals surface area contributed by atoms with Crippen molar-refractivity contribution >= 4 is 0 Å². The van der Waals surface area contributed by atoms with Crippen LogP contribution in [0.5, 0.6) is 5.75 Å². The van der Waals surface area contributed by atoms with E-state index < -0.39 is 0 Å². The van der Waals surface area contributed by atoms with Crippen molar-refractivity contribution in [2.24, 2.45) is 5.92 Å². The number of rotatable bonds is 8. The Balaban J connectivity index is 1.58. The van der Waals surface area contributed by atoms with Crippen LogP contribution < -0.4 is 4.74 Å². The van der Waals surface area contributed by atoms with Crippen LogP contribution in [0.1, 0.15) is 54.8 Å². The van der Waals surface area contributed by atoms with Crippen molar-refractivity contribution in [2.75, 3.05) is 0 Å². The van der Waals surface area contributed by atoms with Gasteiger partial charge in [0.05, 0.1) is 0 Å². The Labute approximate surface area is 168 Å². The van der Waals surface area contributed by atoms with Crippen LogP contribution in [-0.4, -0.2) is 9.97 Å². The lowest BCUT2D eigenvalue weighted by atomic mass is 9.95. The zero-order valence-electron chi connectivity index (χ0n) is 17.4. The highest BCUT2D eigenvalue weighted by Crippen LogP contribution is 2.21. The molecule has 2 aromatic carbocycles. The fourth-order valence-corrected chi connectivity index (χ4v) is 3.33. The molecule has 1 aromatic heterocycles. The van der Waals surface area contributed by atoms with Crippen molar-refractivity contribution < 1.29 is 4.74 Å². The first-order chi connectivity index (χ1) is 13.5. The fourth-order valence-electron chi connectivity index (χ4n) is 3.33. The number of aryl methyl sites for hydroxylation is 1. The van der Waals surface area contributed by atoms with E-state index in [1.807, 2.05) is 19.3 Å². The van der Waals surface area contributed by atoms with Gasteiger partial charge < -0.3 is 4.74 Å². The van der Waals surface area contributed by atoms with E-state index in [2.05, 4.69) is 79.3 Å². The quantitative estimate of drug-likeness (QED) is 0.492. The Morgan fingerprint density at radius 1 is 0.821 bits per heavy atom. The number of aromatic nitrogens is 2. The second kappa shape index (κ2) is 9.50. The summed E-state index contributed by atoms with van der Waals surface area (Å²) in [7, 11) is 0. The van der Waals surface area contributed by atoms with Crippen LogP contribution in [0.15, 0.2) is 60.9 Å². The van der Waals surface area contributed by atoms with Gasteiger partial charge in [-0.05, 0) is 66.0 Å². The molecule has 0 spiro atoms. The molecule has 3 aromatic rings. The lowest BCUT2D eigenvalue weighted by Crippen LogP contribution is -2.02. The van der Waals surface area contributed by atoms with Crippen molar-refractivity contribution in [3.05, 3.63) is 89.0 Å². The van der Waals surface area contributed by atoms with Crippen molar-refractivity contribution in [3.63, 3.8) is 0 Å². The van der Waals surface area contributed by atoms with E-state index in [1.165, 1.54) is 22.3 Å². The Hall–Kier alpha value is -2.68. The summed E-state index contributed by atoms with van der Waals surface area (Å²) in [5.74, 6) is 2.78. The molecule has 3 rings (SSSR count). The highest BCUT2D eigenvalue weighted by atomic mass is 16.5. The first-order valence-electron chi connectivity index (χ1n) is 10.1. The molecule has 0 radical (unpaired) electrons. The maximum absolute atomic E-state index is 5.99. The molecule has 0 aliphatic rings. The first kappa shape index (κ1) is 20.1. The van der Waals surface area contributed by atoms with E-state index in [0.717, 1.165) is 24.4 Å². The van der Waals surface area contributed by atoms with E-state index in [1.54, 1.807) is 0 Å². The molecule has 3 nitrogen and oxygen atoms in total. The maximum Gasteiger partial charge on any atom is 0.125 e. The van der Waals surface area contributed by atoms with Crippen LogP contribution in [0.25, 0.3) is 0 Å². The normalized spacial score (nSPS) is 12.2. The summed E-state index contributed by atoms with van der Waals surface area (Å²) in [6.07, 6.45) is 5.93. The Kier molecular flexibility index (Phi) is 6.80. The highest BCUT2D eigenvalue weighted by molar-refractivity contribution is 5.29. The summed E-state index contributed by atoms with van der Waals surface area (Å²) in [6.45, 7) is 9.19. The Morgan fingerprint density at radius 2 is 1.50 bits per heavy atom. The molecule has 0 saturated heterocycles. The molecule has 0 saturated carbocycles. The van der Waals surface area contributed by atoms with Gasteiger partial charge in [-0.2, -0.15) is 0 Å². The standard InChI is InChI=1S/C25H30N2O/c1-18(2)12-21-8-10-25(11-9-21)28-17-23-7-5-6-22(14-23)13-19(3)24-15-26-20(4)27-16-24/h5-11,14-16,18-19H,12-13,17H2,1-4H3/t19-/m0/s1. The van der Waals surface area contributed by atoms with Crippen LogP contribution in [-0.2, 0) is 19.4 Å². The van der Waals surface area contributed by atoms with E-state index in [4.69, 9.17) is 4.74 Å². The summed E-state index contributed by atoms with van der Waals surface area (Å²) in [5, 5.41) is 0. The first-order valence-corrected chi connectivity index (χ1v) is 10.1. The van der Waals surface area contributed by atoms with Gasteiger partial charge in [0.2, 0.25) is 0 Å². The predicted molar refractivity (Wildman–Crippen MR) is 115 cm³/mol. The van der Waals surface area contributed by atoms with Gasteiger partial charge >= 0.3 is 0 Å². The molecule has 0 bridgehead atoms. The summed E-state index contributed by atoms with van der Waals surface area (Å²) >= 11 is 0. The molecule has 0 aliphatic carbocycles. The third-order valence-corrected chi connectivity index (χ3v) is 4.88. The van der Waals surface area contributed by atoms with Crippen molar-refractivity contribution in [3.8, 4) is 5.75 Å². The smallest absolute Gasteiger partial charge is 0.125 e. The molecule has 0 aliphatic heterocycles. The van der Waals surface area contributed by atoms with Crippen LogP contribution >= 0.6 is 0 Å². The molecule has 0 fully saturated rings. The minimum atomic E-state index is 0.380. The van der Waals surface area contributed by atoms with Gasteiger partial charge in [0, 0.05) is 12.4 Å². The molecular formula is C25H30N2O. The van der Waals surface area contributed by atoms with E-state index in [-0.39, 0.29) is 0 Å². The molecule has 1 atom stereocenters. The molecule has 146 valence electrons. The van der Waals surface area contributed by atoms with Crippen molar-refractivity contribution in [2.45, 2.75) is 53.1 Å². The average Bonchev–Trinajstić information content (AvgIpc) is 2.68. The zero-order valence-corrected chi connectivity index (χ0v) is 17.4. The molecule has 0 unspecified atom stereocenters. The van der Waals surface area contributed by atoms with Gasteiger partial charge in [-0.3, -0.25) is 0 Å². The van der Waals surface area contributed by atoms with E-state index in [9.17, 15) is 0 Å². The average molecular weight is 375 g/mol. The molecular weight excluding hydrogens is 344 g/mol. The highest BCUT2D eigenvalue weighted by Gasteiger charge is 2.08. The van der Waals surface area contributed by atoms with Crippen LogP contribution in [0.4, 0.5) is 0 Å². The minimum Gasteiger partial charge on any atom is -0.489 e. The van der Waals surface area contributed by atoms with Crippen LogP contribution in [0.2, 0.25) is 0 Å². The van der Waals surface area contributed by atoms with Crippen LogP contribution in [0, 0.1) is 12.8 Å². The van der Waals surface area contributed by atoms with E-state index >= 15 is 0 Å². The predicted octanol–water partition coefficient (Wildman–Crippen LogP) is 5.91. The largest absolute Gasteiger partial charge is 0.489 e. The molecule has 0 amide bonds. The summed E-state index contributed by atoms with van der Waals surface area (Å²) in [6, 6.07) is 17.1. The minimum absolute atomic E-state index is 0.380. The Morgan fingerprint density at radius 3 is 2.18 bits per heavy atom. The number of benzene rings is 2. The van der Waals surface area contributed by atoms with E-state index in [0.29, 0.717) is 18.4 Å². The lowest BCUT2D eigenvalue weighted by molar-refractivity contribution is 0.306. The van der Waals surface area contributed by atoms with Gasteiger partial charge in [-0.25, -0.2) is 9.97 Å². The van der Waals surface area contributed by atoms with Gasteiger partial charge in [-0.15, -0.1) is 0 Å². The van der Waals surface area contributed by atoms with Gasteiger partial charge in [0.1, 0.15) is 18.2 Å². The second-order valence-corrected chi connectivity index (χ2v) is 8.02. The monoisotopic (exact) mass is 374 g/mol. The third-order valence-electron chi connectivity index (χ3n) is 4.88. The number of hydrogen-bond acceptors (Lipinski definition) is 3. The number of hydrogen-bond donors (Lipinski definition) is 0. The maximum atomic E-state index is 5.99. The van der Waals surface area contributed by atoms with Gasteiger partial charge in [0.25, 0.3) is 0 Å². The molecule has 28 heavy (non-hydrogen) atoms. The SMILES string of the molecule is Cc1ncc([C@@H](C)Cc2cccc(COc3ccc(CC(C)C)cc3)c2)cn1. The number of nitrogens with zero attached hydrogens (tertiary/aromatic N) is 2. The fraction of sp³-hybridized carbons (Fsp3) is 0.360. The lowest BCUT2D eigenvalue weighted by Gasteiger charge is -2.13. The third kappa shape index (κ3) is 5.91. The van der Waals surface area contributed by atoms with Crippen LogP contribution in [0.3, 0.4) is 0 Å². The van der Waals surface area contributed by atoms with Gasteiger partial charge in [0.15, 0.2) is 0 Å². The van der Waals surface area contributed by atoms with Crippen molar-refractivity contribution in [1.29, 1.82) is 0 Å². The summed E-state index contributed by atoms with van der Waals surface area (Å²) < 4.78 is 5.99. The number of ether oxygens (including phenoxy) is 1. The summed E-state index contributed by atoms with van der Waals surface area (Å²) in [5.41, 5.74) is 5.03. The molecule has 1 heterocycles.